The zero-order valence-electron chi connectivity index (χ0n) is 17.8. The maximum atomic E-state index is 10.5. The molecule has 3 aromatic rings. The maximum Gasteiger partial charge on any atom is 0.160 e. The van der Waals surface area contributed by atoms with Gasteiger partial charge in [-0.2, -0.15) is 0 Å². The van der Waals surface area contributed by atoms with Gasteiger partial charge < -0.3 is 24.1 Å². The molecule has 162 valence electrons. The Bertz CT molecular complexity index is 903. The van der Waals surface area contributed by atoms with E-state index in [1.54, 1.807) is 14.2 Å². The van der Waals surface area contributed by atoms with Gasteiger partial charge >= 0.3 is 0 Å². The SMILES string of the molecule is COc1ccc(C(OC[C@H]2OC(OC)C[C@@H]2O)(c2ccccc2)c2ccccc2)cc1. The highest BCUT2D eigenvalue weighted by atomic mass is 16.7. The van der Waals surface area contributed by atoms with Crippen molar-refractivity contribution in [3.8, 4) is 5.75 Å². The van der Waals surface area contributed by atoms with Crippen molar-refractivity contribution in [3.05, 3.63) is 102 Å². The average molecular weight is 421 g/mol. The molecule has 5 heteroatoms. The lowest BCUT2D eigenvalue weighted by Gasteiger charge is -2.37. The van der Waals surface area contributed by atoms with E-state index >= 15 is 0 Å². The number of rotatable bonds is 8. The van der Waals surface area contributed by atoms with Crippen LogP contribution in [0.2, 0.25) is 0 Å². The Balaban J connectivity index is 1.79. The van der Waals surface area contributed by atoms with Gasteiger partial charge in [0.05, 0.1) is 19.8 Å². The summed E-state index contributed by atoms with van der Waals surface area (Å²) in [5.74, 6) is 0.774. The van der Waals surface area contributed by atoms with Crippen LogP contribution in [0.25, 0.3) is 0 Å². The van der Waals surface area contributed by atoms with Crippen LogP contribution in [0.1, 0.15) is 23.1 Å². The molecule has 3 aromatic carbocycles. The number of benzene rings is 3. The molecule has 0 aromatic heterocycles. The summed E-state index contributed by atoms with van der Waals surface area (Å²) in [6, 6.07) is 28.1. The first-order valence-corrected chi connectivity index (χ1v) is 10.4. The van der Waals surface area contributed by atoms with Crippen molar-refractivity contribution >= 4 is 0 Å². The highest BCUT2D eigenvalue weighted by Gasteiger charge is 2.41. The Morgan fingerprint density at radius 1 is 0.839 bits per heavy atom. The standard InChI is InChI=1S/C26H28O5/c1-28-22-15-13-21(14-16-22)26(19-9-5-3-6-10-19,20-11-7-4-8-12-20)30-18-24-23(27)17-25(29-2)31-24/h3-16,23-25,27H,17-18H2,1-2H3/t23-,24+,25?/m0/s1. The lowest BCUT2D eigenvalue weighted by molar-refractivity contribution is -0.144. The fourth-order valence-electron chi connectivity index (χ4n) is 4.12. The smallest absolute Gasteiger partial charge is 0.160 e. The molecule has 1 heterocycles. The lowest BCUT2D eigenvalue weighted by atomic mass is 9.80. The first kappa shape index (κ1) is 21.5. The van der Waals surface area contributed by atoms with Crippen LogP contribution >= 0.6 is 0 Å². The predicted molar refractivity (Wildman–Crippen MR) is 118 cm³/mol. The minimum atomic E-state index is -0.886. The Labute approximate surface area is 183 Å². The molecule has 0 bridgehead atoms. The largest absolute Gasteiger partial charge is 0.497 e. The number of aliphatic hydroxyl groups excluding tert-OH is 1. The van der Waals surface area contributed by atoms with Crippen LogP contribution in [0.3, 0.4) is 0 Å². The van der Waals surface area contributed by atoms with Crippen LogP contribution in [0.4, 0.5) is 0 Å². The third-order valence-electron chi connectivity index (χ3n) is 5.77. The monoisotopic (exact) mass is 420 g/mol. The molecule has 4 rings (SSSR count). The van der Waals surface area contributed by atoms with Gasteiger partial charge in [-0.1, -0.05) is 72.8 Å². The second-order valence-electron chi connectivity index (χ2n) is 7.60. The molecule has 1 fully saturated rings. The van der Waals surface area contributed by atoms with Crippen molar-refractivity contribution in [2.75, 3.05) is 20.8 Å². The Kier molecular flexibility index (Phi) is 6.68. The number of hydrogen-bond donors (Lipinski definition) is 1. The average Bonchev–Trinajstić information content (AvgIpc) is 3.21. The highest BCUT2D eigenvalue weighted by molar-refractivity contribution is 5.48. The summed E-state index contributed by atoms with van der Waals surface area (Å²) in [4.78, 5) is 0. The van der Waals surface area contributed by atoms with Crippen molar-refractivity contribution in [2.45, 2.75) is 30.5 Å². The molecular weight excluding hydrogens is 392 g/mol. The minimum absolute atomic E-state index is 0.205. The molecule has 0 amide bonds. The Hall–Kier alpha value is -2.70. The van der Waals surface area contributed by atoms with Crippen molar-refractivity contribution in [2.24, 2.45) is 0 Å². The normalized spacial score (nSPS) is 21.2. The summed E-state index contributed by atoms with van der Waals surface area (Å²) in [7, 11) is 3.23. The summed E-state index contributed by atoms with van der Waals surface area (Å²) >= 11 is 0. The van der Waals surface area contributed by atoms with E-state index in [1.807, 2.05) is 60.7 Å². The van der Waals surface area contributed by atoms with Crippen LogP contribution in [0.5, 0.6) is 5.75 Å². The van der Waals surface area contributed by atoms with Gasteiger partial charge in [0.1, 0.15) is 17.5 Å². The van der Waals surface area contributed by atoms with Crippen molar-refractivity contribution < 1.29 is 24.1 Å². The van der Waals surface area contributed by atoms with Crippen LogP contribution in [-0.4, -0.2) is 44.4 Å². The predicted octanol–water partition coefficient (Wildman–Crippen LogP) is 4.13. The minimum Gasteiger partial charge on any atom is -0.497 e. The van der Waals surface area contributed by atoms with Crippen LogP contribution in [0, 0.1) is 0 Å². The molecule has 1 unspecified atom stereocenters. The number of aliphatic hydroxyl groups is 1. The van der Waals surface area contributed by atoms with E-state index in [1.165, 1.54) is 0 Å². The van der Waals surface area contributed by atoms with Gasteiger partial charge in [0.2, 0.25) is 0 Å². The molecule has 5 nitrogen and oxygen atoms in total. The quantitative estimate of drug-likeness (QED) is 0.556. The summed E-state index contributed by atoms with van der Waals surface area (Å²) < 4.78 is 23.2. The fourth-order valence-corrected chi connectivity index (χ4v) is 4.12. The van der Waals surface area contributed by atoms with E-state index in [2.05, 4.69) is 24.3 Å². The van der Waals surface area contributed by atoms with Crippen LogP contribution < -0.4 is 4.74 Å². The van der Waals surface area contributed by atoms with E-state index in [-0.39, 0.29) is 6.61 Å². The van der Waals surface area contributed by atoms with E-state index in [0.29, 0.717) is 6.42 Å². The fraction of sp³-hybridized carbons (Fsp3) is 0.308. The van der Waals surface area contributed by atoms with Crippen LogP contribution in [0.15, 0.2) is 84.9 Å². The molecule has 31 heavy (non-hydrogen) atoms. The molecule has 3 atom stereocenters. The topological polar surface area (TPSA) is 57.2 Å². The number of ether oxygens (including phenoxy) is 4. The third kappa shape index (κ3) is 4.36. The summed E-state index contributed by atoms with van der Waals surface area (Å²) in [6.45, 7) is 0.205. The van der Waals surface area contributed by atoms with E-state index in [0.717, 1.165) is 22.4 Å². The zero-order valence-corrected chi connectivity index (χ0v) is 17.8. The molecule has 0 aliphatic carbocycles. The van der Waals surface area contributed by atoms with E-state index in [4.69, 9.17) is 18.9 Å². The number of methoxy groups -OCH3 is 2. The highest BCUT2D eigenvalue weighted by Crippen LogP contribution is 2.41. The van der Waals surface area contributed by atoms with Gasteiger partial charge in [0, 0.05) is 13.5 Å². The second-order valence-corrected chi connectivity index (χ2v) is 7.60. The van der Waals surface area contributed by atoms with Crippen molar-refractivity contribution in [3.63, 3.8) is 0 Å². The molecule has 0 radical (unpaired) electrons. The third-order valence-corrected chi connectivity index (χ3v) is 5.77. The maximum absolute atomic E-state index is 10.5. The Morgan fingerprint density at radius 3 is 1.87 bits per heavy atom. The van der Waals surface area contributed by atoms with E-state index in [9.17, 15) is 5.11 Å². The summed E-state index contributed by atoms with van der Waals surface area (Å²) in [5, 5.41) is 10.5. The van der Waals surface area contributed by atoms with Gasteiger partial charge in [0.25, 0.3) is 0 Å². The zero-order chi connectivity index (χ0) is 21.7. The van der Waals surface area contributed by atoms with Gasteiger partial charge in [-0.05, 0) is 28.8 Å². The van der Waals surface area contributed by atoms with Gasteiger partial charge in [-0.15, -0.1) is 0 Å². The first-order valence-electron chi connectivity index (χ1n) is 10.4. The first-order chi connectivity index (χ1) is 15.2. The second kappa shape index (κ2) is 9.62. The summed E-state index contributed by atoms with van der Waals surface area (Å²) in [6.07, 6.45) is -1.12. The number of hydrogen-bond acceptors (Lipinski definition) is 5. The molecular formula is C26H28O5. The molecule has 1 aliphatic heterocycles. The molecule has 0 spiro atoms. The van der Waals surface area contributed by atoms with Gasteiger partial charge in [0.15, 0.2) is 6.29 Å². The molecule has 1 saturated heterocycles. The Morgan fingerprint density at radius 2 is 1.39 bits per heavy atom. The van der Waals surface area contributed by atoms with Crippen molar-refractivity contribution in [1.82, 2.24) is 0 Å². The van der Waals surface area contributed by atoms with Gasteiger partial charge in [-0.3, -0.25) is 0 Å². The van der Waals surface area contributed by atoms with Crippen molar-refractivity contribution in [1.29, 1.82) is 0 Å². The molecule has 1 aliphatic rings. The van der Waals surface area contributed by atoms with Crippen LogP contribution in [-0.2, 0) is 19.8 Å². The summed E-state index contributed by atoms with van der Waals surface area (Å²) in [5.41, 5.74) is 2.05. The van der Waals surface area contributed by atoms with Gasteiger partial charge in [-0.25, -0.2) is 0 Å². The lowest BCUT2D eigenvalue weighted by Crippen LogP contribution is -2.38. The molecule has 0 saturated carbocycles. The molecule has 1 N–H and O–H groups in total. The van der Waals surface area contributed by atoms with E-state index < -0.39 is 24.1 Å².